The predicted octanol–water partition coefficient (Wildman–Crippen LogP) is 2.15. The lowest BCUT2D eigenvalue weighted by Crippen LogP contribution is -2.41. The number of hydrogen-bond donors (Lipinski definition) is 2. The number of nitrogens with zero attached hydrogens (tertiary/aromatic N) is 3. The Bertz CT molecular complexity index is 1030. The number of anilines is 2. The normalized spacial score (nSPS) is 14.5. The zero-order valence-electron chi connectivity index (χ0n) is 15.8. The summed E-state index contributed by atoms with van der Waals surface area (Å²) in [5.74, 6) is -0.449. The molecule has 0 radical (unpaired) electrons. The average Bonchev–Trinajstić information content (AvgIpc) is 2.75. The van der Waals surface area contributed by atoms with Crippen LogP contribution in [-0.4, -0.2) is 59.5 Å². The number of ether oxygens (including phenoxy) is 1. The zero-order chi connectivity index (χ0) is 20.1. The van der Waals surface area contributed by atoms with Crippen LogP contribution in [0.25, 0.3) is 11.0 Å². The van der Waals surface area contributed by atoms with E-state index >= 15 is 0 Å². The van der Waals surface area contributed by atoms with Gasteiger partial charge in [0, 0.05) is 25.5 Å². The van der Waals surface area contributed by atoms with Gasteiger partial charge in [0.1, 0.15) is 5.52 Å². The molecule has 1 saturated heterocycles. The molecule has 3 aromatic rings. The van der Waals surface area contributed by atoms with E-state index < -0.39 is 0 Å². The van der Waals surface area contributed by atoms with Crippen molar-refractivity contribution in [1.29, 1.82) is 0 Å². The SMILES string of the molecule is O=C(CN1CCOCC1)Nc1ccccc1NC(=O)c1cccc2nccnc12. The van der Waals surface area contributed by atoms with E-state index in [1.165, 1.54) is 0 Å². The molecule has 4 rings (SSSR count). The number of carbonyl (C=O) groups is 2. The quantitative estimate of drug-likeness (QED) is 0.692. The minimum Gasteiger partial charge on any atom is -0.379 e. The highest BCUT2D eigenvalue weighted by molar-refractivity contribution is 6.12. The predicted molar refractivity (Wildman–Crippen MR) is 110 cm³/mol. The molecular formula is C21H21N5O3. The van der Waals surface area contributed by atoms with Crippen LogP contribution in [0, 0.1) is 0 Å². The molecule has 8 nitrogen and oxygen atoms in total. The second kappa shape index (κ2) is 8.76. The van der Waals surface area contributed by atoms with Gasteiger partial charge in [-0.1, -0.05) is 18.2 Å². The van der Waals surface area contributed by atoms with Crippen LogP contribution in [0.3, 0.4) is 0 Å². The molecule has 0 bridgehead atoms. The first kappa shape index (κ1) is 19.0. The Morgan fingerprint density at radius 1 is 0.931 bits per heavy atom. The molecule has 0 aliphatic carbocycles. The van der Waals surface area contributed by atoms with Gasteiger partial charge in [0.05, 0.1) is 42.2 Å². The first-order chi connectivity index (χ1) is 14.2. The number of aromatic nitrogens is 2. The van der Waals surface area contributed by atoms with Gasteiger partial charge in [-0.25, -0.2) is 0 Å². The molecule has 2 N–H and O–H groups in total. The second-order valence-electron chi connectivity index (χ2n) is 6.67. The van der Waals surface area contributed by atoms with Crippen LogP contribution in [0.4, 0.5) is 11.4 Å². The summed E-state index contributed by atoms with van der Waals surface area (Å²) in [6.45, 7) is 3.01. The smallest absolute Gasteiger partial charge is 0.257 e. The Kier molecular flexibility index (Phi) is 5.73. The molecule has 2 amide bonds. The Balaban J connectivity index is 1.49. The van der Waals surface area contributed by atoms with E-state index in [9.17, 15) is 9.59 Å². The number of amides is 2. The van der Waals surface area contributed by atoms with Crippen molar-refractivity contribution in [2.45, 2.75) is 0 Å². The summed E-state index contributed by atoms with van der Waals surface area (Å²) < 4.78 is 5.30. The Morgan fingerprint density at radius 3 is 2.45 bits per heavy atom. The van der Waals surface area contributed by atoms with E-state index in [0.717, 1.165) is 13.1 Å². The minimum atomic E-state index is -0.314. The standard InChI is InChI=1S/C21H21N5O3/c27-19(14-26-10-12-29-13-11-26)24-16-5-1-2-6-17(16)25-21(28)15-4-3-7-18-20(15)23-9-8-22-18/h1-9H,10-14H2,(H,24,27)(H,25,28). The van der Waals surface area contributed by atoms with Crippen LogP contribution in [0.1, 0.15) is 10.4 Å². The topological polar surface area (TPSA) is 96.5 Å². The molecule has 1 aliphatic rings. The summed E-state index contributed by atoms with van der Waals surface area (Å²) in [6.07, 6.45) is 3.14. The van der Waals surface area contributed by atoms with Gasteiger partial charge in [0.25, 0.3) is 5.91 Å². The third-order valence-corrected chi connectivity index (χ3v) is 4.66. The molecule has 29 heavy (non-hydrogen) atoms. The van der Waals surface area contributed by atoms with E-state index in [4.69, 9.17) is 4.74 Å². The highest BCUT2D eigenvalue weighted by atomic mass is 16.5. The molecule has 148 valence electrons. The zero-order valence-corrected chi connectivity index (χ0v) is 15.8. The van der Waals surface area contributed by atoms with Gasteiger partial charge in [-0.3, -0.25) is 24.5 Å². The summed E-state index contributed by atoms with van der Waals surface area (Å²) in [6, 6.07) is 12.4. The third kappa shape index (κ3) is 4.56. The van der Waals surface area contributed by atoms with Gasteiger partial charge in [-0.2, -0.15) is 0 Å². The van der Waals surface area contributed by atoms with Gasteiger partial charge in [-0.15, -0.1) is 0 Å². The van der Waals surface area contributed by atoms with Gasteiger partial charge in [-0.05, 0) is 24.3 Å². The van der Waals surface area contributed by atoms with E-state index in [1.54, 1.807) is 48.8 Å². The van der Waals surface area contributed by atoms with Gasteiger partial charge >= 0.3 is 0 Å². The summed E-state index contributed by atoms with van der Waals surface area (Å²) in [5, 5.41) is 5.76. The summed E-state index contributed by atoms with van der Waals surface area (Å²) in [7, 11) is 0. The monoisotopic (exact) mass is 391 g/mol. The fourth-order valence-corrected chi connectivity index (χ4v) is 3.22. The van der Waals surface area contributed by atoms with Crippen LogP contribution in [0.2, 0.25) is 0 Å². The number of para-hydroxylation sites is 3. The Morgan fingerprint density at radius 2 is 1.66 bits per heavy atom. The molecule has 1 aliphatic heterocycles. The van der Waals surface area contributed by atoms with Crippen molar-refractivity contribution in [2.24, 2.45) is 0 Å². The van der Waals surface area contributed by atoms with Crippen molar-refractivity contribution in [3.63, 3.8) is 0 Å². The van der Waals surface area contributed by atoms with Crippen LogP contribution in [0.15, 0.2) is 54.9 Å². The Labute approximate surface area is 167 Å². The molecule has 8 heteroatoms. The second-order valence-corrected chi connectivity index (χ2v) is 6.67. The Hall–Kier alpha value is -3.36. The number of fused-ring (bicyclic) bond motifs is 1. The van der Waals surface area contributed by atoms with Gasteiger partial charge < -0.3 is 15.4 Å². The van der Waals surface area contributed by atoms with Crippen molar-refractivity contribution in [3.8, 4) is 0 Å². The number of nitrogens with one attached hydrogen (secondary N) is 2. The summed E-state index contributed by atoms with van der Waals surface area (Å²) in [5.41, 5.74) is 2.66. The van der Waals surface area contributed by atoms with Gasteiger partial charge in [0.2, 0.25) is 5.91 Å². The lowest BCUT2D eigenvalue weighted by molar-refractivity contribution is -0.118. The molecule has 0 atom stereocenters. The van der Waals surface area contributed by atoms with E-state index in [-0.39, 0.29) is 18.4 Å². The largest absolute Gasteiger partial charge is 0.379 e. The van der Waals surface area contributed by atoms with E-state index in [0.29, 0.717) is 41.2 Å². The first-order valence-electron chi connectivity index (χ1n) is 9.41. The number of hydrogen-bond acceptors (Lipinski definition) is 6. The van der Waals surface area contributed by atoms with Crippen LogP contribution < -0.4 is 10.6 Å². The highest BCUT2D eigenvalue weighted by Crippen LogP contribution is 2.23. The summed E-state index contributed by atoms with van der Waals surface area (Å²) >= 11 is 0. The van der Waals surface area contributed by atoms with Crippen LogP contribution in [0.5, 0.6) is 0 Å². The van der Waals surface area contributed by atoms with Crippen LogP contribution >= 0.6 is 0 Å². The third-order valence-electron chi connectivity index (χ3n) is 4.66. The first-order valence-corrected chi connectivity index (χ1v) is 9.41. The lowest BCUT2D eigenvalue weighted by Gasteiger charge is -2.26. The number of benzene rings is 2. The highest BCUT2D eigenvalue weighted by Gasteiger charge is 2.17. The van der Waals surface area contributed by atoms with E-state index in [2.05, 4.69) is 20.6 Å². The summed E-state index contributed by atoms with van der Waals surface area (Å²) in [4.78, 5) is 35.8. The molecule has 2 aromatic carbocycles. The maximum Gasteiger partial charge on any atom is 0.257 e. The lowest BCUT2D eigenvalue weighted by atomic mass is 10.1. The molecule has 0 spiro atoms. The van der Waals surface area contributed by atoms with Crippen molar-refractivity contribution >= 4 is 34.2 Å². The number of carbonyl (C=O) groups excluding carboxylic acids is 2. The molecule has 0 unspecified atom stereocenters. The maximum absolute atomic E-state index is 12.9. The minimum absolute atomic E-state index is 0.135. The van der Waals surface area contributed by atoms with Crippen molar-refractivity contribution in [2.75, 3.05) is 43.5 Å². The van der Waals surface area contributed by atoms with Crippen molar-refractivity contribution in [3.05, 3.63) is 60.4 Å². The molecule has 2 heterocycles. The fraction of sp³-hybridized carbons (Fsp3) is 0.238. The molecular weight excluding hydrogens is 370 g/mol. The fourth-order valence-electron chi connectivity index (χ4n) is 3.22. The van der Waals surface area contributed by atoms with Crippen molar-refractivity contribution < 1.29 is 14.3 Å². The molecule has 1 aromatic heterocycles. The van der Waals surface area contributed by atoms with E-state index in [1.807, 2.05) is 11.0 Å². The van der Waals surface area contributed by atoms with Gasteiger partial charge in [0.15, 0.2) is 0 Å². The number of morpholine rings is 1. The van der Waals surface area contributed by atoms with Crippen LogP contribution in [-0.2, 0) is 9.53 Å². The number of rotatable bonds is 5. The average molecular weight is 391 g/mol. The maximum atomic E-state index is 12.9. The van der Waals surface area contributed by atoms with Crippen molar-refractivity contribution in [1.82, 2.24) is 14.9 Å². The molecule has 1 fully saturated rings. The molecule has 0 saturated carbocycles.